The Kier molecular flexibility index (Phi) is 7.88. The Balaban J connectivity index is 1.46. The molecule has 2 fully saturated rings. The van der Waals surface area contributed by atoms with Crippen LogP contribution < -0.4 is 4.90 Å². The van der Waals surface area contributed by atoms with E-state index in [-0.39, 0.29) is 42.5 Å². The van der Waals surface area contributed by atoms with E-state index in [0.29, 0.717) is 36.6 Å². The van der Waals surface area contributed by atoms with Gasteiger partial charge in [-0.15, -0.1) is 22.7 Å². The molecule has 1 N–H and O–H groups in total. The third kappa shape index (κ3) is 5.64. The number of aromatic carboxylic acids is 1. The maximum Gasteiger partial charge on any atom is 0.391 e. The molecule has 0 bridgehead atoms. The van der Waals surface area contributed by atoms with Gasteiger partial charge in [-0.3, -0.25) is 4.79 Å². The summed E-state index contributed by atoms with van der Waals surface area (Å²) in [6, 6.07) is 9.10. The number of amides is 1. The number of benzene rings is 1. The molecule has 6 nitrogen and oxygen atoms in total. The minimum Gasteiger partial charge on any atom is -0.477 e. The second kappa shape index (κ2) is 11.2. The summed E-state index contributed by atoms with van der Waals surface area (Å²) in [5.41, 5.74) is 4.68. The average molecular weight is 565 g/mol. The third-order valence-electron chi connectivity index (χ3n) is 7.40. The predicted molar refractivity (Wildman–Crippen MR) is 141 cm³/mol. The van der Waals surface area contributed by atoms with Crippen molar-refractivity contribution in [2.75, 3.05) is 18.1 Å². The number of carbonyl (C=O) groups excluding carboxylic acids is 1. The first-order valence-corrected chi connectivity index (χ1v) is 14.3. The van der Waals surface area contributed by atoms with Crippen molar-refractivity contribution in [1.82, 2.24) is 4.98 Å². The molecule has 3 heterocycles. The van der Waals surface area contributed by atoms with Crippen LogP contribution >= 0.6 is 22.7 Å². The van der Waals surface area contributed by atoms with Crippen molar-refractivity contribution < 1.29 is 32.6 Å². The number of anilines is 1. The molecule has 0 unspecified atom stereocenters. The number of rotatable bonds is 6. The first-order valence-electron chi connectivity index (χ1n) is 12.6. The minimum absolute atomic E-state index is 0.0485. The molecule has 0 atom stereocenters. The summed E-state index contributed by atoms with van der Waals surface area (Å²) < 4.78 is 45.1. The maximum absolute atomic E-state index is 13.9. The van der Waals surface area contributed by atoms with Crippen LogP contribution in [0.5, 0.6) is 0 Å². The number of carboxylic acids is 1. The van der Waals surface area contributed by atoms with Gasteiger partial charge in [0.1, 0.15) is 4.88 Å². The molecule has 2 aliphatic rings. The van der Waals surface area contributed by atoms with Gasteiger partial charge >= 0.3 is 12.1 Å². The third-order valence-corrected chi connectivity index (χ3v) is 9.14. The largest absolute Gasteiger partial charge is 0.477 e. The molecule has 1 aliphatic carbocycles. The smallest absolute Gasteiger partial charge is 0.391 e. The van der Waals surface area contributed by atoms with E-state index in [9.17, 15) is 27.9 Å². The van der Waals surface area contributed by atoms with Crippen LogP contribution in [0.15, 0.2) is 41.2 Å². The van der Waals surface area contributed by atoms with Crippen LogP contribution in [0.1, 0.15) is 48.2 Å². The monoisotopic (exact) mass is 564 g/mol. The molecule has 11 heteroatoms. The van der Waals surface area contributed by atoms with Gasteiger partial charge in [-0.2, -0.15) is 13.2 Å². The van der Waals surface area contributed by atoms with Crippen molar-refractivity contribution in [2.45, 2.75) is 50.7 Å². The minimum atomic E-state index is -4.26. The van der Waals surface area contributed by atoms with Crippen molar-refractivity contribution in [3.05, 3.63) is 46.1 Å². The fourth-order valence-corrected chi connectivity index (χ4v) is 6.87. The first-order chi connectivity index (χ1) is 18.2. The molecule has 0 spiro atoms. The standard InChI is InChI=1S/C27H27F3N2O4S2/c28-27(29,30)19-7-5-18(6-8-19)25(33)32(20-9-11-36-12-10-20)22-13-23(38-24(22)26(34)35)17-3-1-16(2-4-17)21-14-37-15-31-21/h1-4,13-15,18-20H,5-12H2,(H,34,35)/t18-,19-. The Hall–Kier alpha value is -2.76. The van der Waals surface area contributed by atoms with Gasteiger partial charge in [0.05, 0.1) is 22.8 Å². The topological polar surface area (TPSA) is 79.7 Å². The van der Waals surface area contributed by atoms with Gasteiger partial charge in [0, 0.05) is 41.0 Å². The highest BCUT2D eigenvalue weighted by molar-refractivity contribution is 7.18. The zero-order chi connectivity index (χ0) is 26.9. The molecule has 1 aliphatic heterocycles. The Morgan fingerprint density at radius 2 is 1.66 bits per heavy atom. The van der Waals surface area contributed by atoms with Gasteiger partial charge in [-0.25, -0.2) is 9.78 Å². The van der Waals surface area contributed by atoms with Crippen molar-refractivity contribution in [1.29, 1.82) is 0 Å². The molecule has 1 amide bonds. The fraction of sp³-hybridized carbons (Fsp3) is 0.444. The van der Waals surface area contributed by atoms with E-state index in [1.165, 1.54) is 11.3 Å². The van der Waals surface area contributed by atoms with Crippen LogP contribution in [-0.4, -0.2) is 47.4 Å². The van der Waals surface area contributed by atoms with E-state index in [4.69, 9.17) is 4.74 Å². The predicted octanol–water partition coefficient (Wildman–Crippen LogP) is 7.12. The Morgan fingerprint density at radius 3 is 2.24 bits per heavy atom. The van der Waals surface area contributed by atoms with Gasteiger partial charge in [0.15, 0.2) is 0 Å². The number of thiazole rings is 1. The highest BCUT2D eigenvalue weighted by Gasteiger charge is 2.44. The number of carboxylic acid groups (broad SMARTS) is 1. The van der Waals surface area contributed by atoms with Crippen LogP contribution in [0.3, 0.4) is 0 Å². The summed E-state index contributed by atoms with van der Waals surface area (Å²) in [7, 11) is 0. The highest BCUT2D eigenvalue weighted by atomic mass is 32.1. The van der Waals surface area contributed by atoms with Crippen LogP contribution in [0.4, 0.5) is 18.9 Å². The van der Waals surface area contributed by atoms with Gasteiger partial charge in [0.2, 0.25) is 5.91 Å². The summed E-state index contributed by atoms with van der Waals surface area (Å²) in [6.45, 7) is 0.874. The maximum atomic E-state index is 13.9. The van der Waals surface area contributed by atoms with E-state index in [2.05, 4.69) is 4.98 Å². The second-order valence-electron chi connectivity index (χ2n) is 9.72. The summed E-state index contributed by atoms with van der Waals surface area (Å²) >= 11 is 2.60. The fourth-order valence-electron chi connectivity index (χ4n) is 5.32. The SMILES string of the molecule is O=C(O)c1sc(-c2ccc(-c3cscn3)cc2)cc1N(C(=O)[C@H]1CC[C@H](C(F)(F)F)CC1)C1CCOCC1. The van der Waals surface area contributed by atoms with Crippen molar-refractivity contribution >= 4 is 40.2 Å². The molecule has 1 saturated carbocycles. The molecule has 2 aromatic heterocycles. The molecule has 1 saturated heterocycles. The van der Waals surface area contributed by atoms with Crippen LogP contribution in [0, 0.1) is 11.8 Å². The Bertz CT molecular complexity index is 1260. The lowest BCUT2D eigenvalue weighted by Crippen LogP contribution is -2.47. The van der Waals surface area contributed by atoms with Crippen LogP contribution in [0.25, 0.3) is 21.7 Å². The number of halogens is 3. The van der Waals surface area contributed by atoms with E-state index in [1.54, 1.807) is 16.5 Å². The molecule has 38 heavy (non-hydrogen) atoms. The molecular formula is C27H27F3N2O4S2. The van der Waals surface area contributed by atoms with E-state index in [0.717, 1.165) is 28.2 Å². The number of carbonyl (C=O) groups is 2. The Labute approximate surface area is 226 Å². The second-order valence-corrected chi connectivity index (χ2v) is 11.5. The highest BCUT2D eigenvalue weighted by Crippen LogP contribution is 2.43. The van der Waals surface area contributed by atoms with E-state index < -0.39 is 24.0 Å². The lowest BCUT2D eigenvalue weighted by Gasteiger charge is -2.38. The number of ether oxygens (including phenoxy) is 1. The van der Waals surface area contributed by atoms with Gasteiger partial charge in [-0.1, -0.05) is 24.3 Å². The molecular weight excluding hydrogens is 537 g/mol. The number of aromatic nitrogens is 1. The Morgan fingerprint density at radius 1 is 1.00 bits per heavy atom. The molecule has 5 rings (SSSR count). The summed E-state index contributed by atoms with van der Waals surface area (Å²) in [6.07, 6.45) is -3.09. The van der Waals surface area contributed by atoms with Crippen molar-refractivity contribution in [3.63, 3.8) is 0 Å². The van der Waals surface area contributed by atoms with Gasteiger partial charge < -0.3 is 14.7 Å². The van der Waals surface area contributed by atoms with E-state index >= 15 is 0 Å². The number of hydrogen-bond acceptors (Lipinski definition) is 6. The number of thiophene rings is 1. The number of nitrogens with zero attached hydrogens (tertiary/aromatic N) is 2. The van der Waals surface area contributed by atoms with Crippen LogP contribution in [-0.2, 0) is 9.53 Å². The van der Waals surface area contributed by atoms with Gasteiger partial charge in [0.25, 0.3) is 0 Å². The molecule has 1 aromatic carbocycles. The summed E-state index contributed by atoms with van der Waals surface area (Å²) in [5, 5.41) is 12.0. The summed E-state index contributed by atoms with van der Waals surface area (Å²) in [5.74, 6) is -3.39. The molecule has 3 aromatic rings. The lowest BCUT2D eigenvalue weighted by atomic mass is 9.80. The normalized spacial score (nSPS) is 20.8. The summed E-state index contributed by atoms with van der Waals surface area (Å²) in [4.78, 5) is 32.8. The zero-order valence-corrected chi connectivity index (χ0v) is 22.1. The first kappa shape index (κ1) is 26.8. The van der Waals surface area contributed by atoms with Crippen LogP contribution in [0.2, 0.25) is 0 Å². The lowest BCUT2D eigenvalue weighted by molar-refractivity contribution is -0.184. The van der Waals surface area contributed by atoms with Gasteiger partial charge in [-0.05, 0) is 50.2 Å². The molecule has 202 valence electrons. The van der Waals surface area contributed by atoms with E-state index in [1.807, 2.05) is 29.6 Å². The number of alkyl halides is 3. The molecule has 0 radical (unpaired) electrons. The average Bonchev–Trinajstić information content (AvgIpc) is 3.60. The van der Waals surface area contributed by atoms with Crippen molar-refractivity contribution in [2.24, 2.45) is 11.8 Å². The zero-order valence-electron chi connectivity index (χ0n) is 20.4. The van der Waals surface area contributed by atoms with Crippen molar-refractivity contribution in [3.8, 4) is 21.7 Å². The quantitative estimate of drug-likeness (QED) is 0.345. The number of hydrogen-bond donors (Lipinski definition) is 1.